The van der Waals surface area contributed by atoms with Gasteiger partial charge in [0.05, 0.1) is 30.3 Å². The summed E-state index contributed by atoms with van der Waals surface area (Å²) < 4.78 is 4.79. The first kappa shape index (κ1) is 25.0. The van der Waals surface area contributed by atoms with Gasteiger partial charge in [0.2, 0.25) is 0 Å². The van der Waals surface area contributed by atoms with Gasteiger partial charge in [-0.2, -0.15) is 0 Å². The fourth-order valence-corrected chi connectivity index (χ4v) is 1.05. The average Bonchev–Trinajstić information content (AvgIpc) is 2.48. The molecule has 1 fully saturated rings. The zero-order chi connectivity index (χ0) is 18.1. The van der Waals surface area contributed by atoms with Crippen molar-refractivity contribution in [2.45, 2.75) is 39.4 Å². The van der Waals surface area contributed by atoms with Crippen molar-refractivity contribution in [3.05, 3.63) is 34.2 Å². The van der Waals surface area contributed by atoms with E-state index in [1.165, 1.54) is 13.0 Å². The van der Waals surface area contributed by atoms with E-state index in [-0.39, 0.29) is 12.2 Å². The molecule has 2 atom stereocenters. The Kier molecular flexibility index (Phi) is 19.4. The number of aliphatic hydroxyl groups excluding tert-OH is 3. The highest BCUT2D eigenvalue weighted by atomic mass is 16.6. The van der Waals surface area contributed by atoms with Crippen LogP contribution in [-0.4, -0.2) is 57.2 Å². The van der Waals surface area contributed by atoms with Crippen molar-refractivity contribution >= 4 is 6.47 Å². The molecule has 1 aliphatic rings. The van der Waals surface area contributed by atoms with Crippen molar-refractivity contribution in [2.75, 3.05) is 13.2 Å². The molecule has 0 aliphatic carbocycles. The van der Waals surface area contributed by atoms with Crippen molar-refractivity contribution in [3.8, 4) is 0 Å². The predicted octanol–water partition coefficient (Wildman–Crippen LogP) is 1.09. The lowest BCUT2D eigenvalue weighted by atomic mass is 10.1. The van der Waals surface area contributed by atoms with Crippen LogP contribution in [0, 0.1) is 10.1 Å². The van der Waals surface area contributed by atoms with E-state index in [0.29, 0.717) is 19.6 Å². The van der Waals surface area contributed by atoms with Crippen molar-refractivity contribution in [1.82, 2.24) is 0 Å². The Labute approximate surface area is 129 Å². The summed E-state index contributed by atoms with van der Waals surface area (Å²) in [6.45, 7) is 8.99. The zero-order valence-corrected chi connectivity index (χ0v) is 13.0. The third kappa shape index (κ3) is 16.1. The minimum atomic E-state index is -0.741. The Balaban J connectivity index is -0.000000255. The molecule has 4 N–H and O–H groups in total. The molecule has 22 heavy (non-hydrogen) atoms. The highest BCUT2D eigenvalue weighted by Crippen LogP contribution is 2.05. The molecule has 130 valence electrons. The SMILES string of the molecule is C=C(/C(O)=C\C)[N+](=O)[O-].CC.O=CO.OC1COCC(O)C1. The van der Waals surface area contributed by atoms with Gasteiger partial charge in [-0.05, 0) is 19.6 Å². The highest BCUT2D eigenvalue weighted by molar-refractivity contribution is 5.32. The molecule has 0 aromatic rings. The van der Waals surface area contributed by atoms with Crippen LogP contribution in [0.25, 0.3) is 0 Å². The minimum absolute atomic E-state index is 0.250. The number of carboxylic acid groups (broad SMARTS) is 1. The van der Waals surface area contributed by atoms with E-state index in [1.54, 1.807) is 0 Å². The Hall–Kier alpha value is -1.97. The molecule has 0 amide bonds. The van der Waals surface area contributed by atoms with Crippen LogP contribution in [0.5, 0.6) is 0 Å². The number of allylic oxidation sites excluding steroid dienone is 1. The lowest BCUT2D eigenvalue weighted by Gasteiger charge is -2.21. The number of aliphatic hydroxyl groups is 3. The number of hydrogen-bond donors (Lipinski definition) is 4. The van der Waals surface area contributed by atoms with E-state index >= 15 is 0 Å². The number of rotatable bonds is 2. The summed E-state index contributed by atoms with van der Waals surface area (Å²) in [5, 5.41) is 42.9. The van der Waals surface area contributed by atoms with E-state index in [1.807, 2.05) is 13.8 Å². The normalized spacial score (nSPS) is 19.8. The Morgan fingerprint density at radius 3 is 1.82 bits per heavy atom. The monoisotopic (exact) mass is 323 g/mol. The maximum absolute atomic E-state index is 9.80. The second kappa shape index (κ2) is 17.1. The molecule has 1 aliphatic heterocycles. The molecule has 0 aromatic heterocycles. The van der Waals surface area contributed by atoms with Gasteiger partial charge >= 0.3 is 5.70 Å². The summed E-state index contributed by atoms with van der Waals surface area (Å²) >= 11 is 0. The molecule has 0 aromatic carbocycles. The number of hydrogen-bond acceptors (Lipinski definition) is 7. The lowest BCUT2D eigenvalue weighted by molar-refractivity contribution is -0.423. The Morgan fingerprint density at radius 2 is 1.68 bits per heavy atom. The van der Waals surface area contributed by atoms with Gasteiger partial charge in [0, 0.05) is 6.42 Å². The summed E-state index contributed by atoms with van der Waals surface area (Å²) in [6.07, 6.45) is 0.753. The number of nitrogens with zero attached hydrogens (tertiary/aromatic N) is 1. The average molecular weight is 323 g/mol. The van der Waals surface area contributed by atoms with Crippen molar-refractivity contribution in [2.24, 2.45) is 0 Å². The molecule has 0 radical (unpaired) electrons. The van der Waals surface area contributed by atoms with Crippen LogP contribution >= 0.6 is 0 Å². The molecule has 9 heteroatoms. The molecule has 1 saturated heterocycles. The van der Waals surface area contributed by atoms with Crippen LogP contribution < -0.4 is 0 Å². The van der Waals surface area contributed by atoms with Gasteiger partial charge < -0.3 is 25.2 Å². The van der Waals surface area contributed by atoms with Crippen LogP contribution in [0.3, 0.4) is 0 Å². The van der Waals surface area contributed by atoms with Crippen LogP contribution in [0.2, 0.25) is 0 Å². The second-order valence-corrected chi connectivity index (χ2v) is 3.56. The standard InChI is InChI=1S/C5H7NO3.C5H10O3.C2H6.CH2O2/c1-3-5(7)4(2)6(8)9;6-4-1-5(7)3-8-2-4;1-2;2-1-3/h3,7H,2H2,1H3;4-7H,1-3H2;1-2H3;1H,(H,2,3)/b5-3+;;;. The molecule has 2 unspecified atom stereocenters. The van der Waals surface area contributed by atoms with Crippen molar-refractivity contribution in [1.29, 1.82) is 0 Å². The molecule has 0 bridgehead atoms. The first-order valence-electron chi connectivity index (χ1n) is 6.50. The van der Waals surface area contributed by atoms with Gasteiger partial charge in [0.15, 0.2) is 5.76 Å². The fourth-order valence-electron chi connectivity index (χ4n) is 1.05. The van der Waals surface area contributed by atoms with Gasteiger partial charge in [-0.15, -0.1) is 0 Å². The third-order valence-electron chi connectivity index (χ3n) is 1.95. The van der Waals surface area contributed by atoms with Gasteiger partial charge in [-0.1, -0.05) is 13.8 Å². The summed E-state index contributed by atoms with van der Waals surface area (Å²) in [5.74, 6) is -0.389. The summed E-state index contributed by atoms with van der Waals surface area (Å²) in [7, 11) is 0. The summed E-state index contributed by atoms with van der Waals surface area (Å²) in [6, 6.07) is 0. The smallest absolute Gasteiger partial charge is 0.303 e. The van der Waals surface area contributed by atoms with Crippen molar-refractivity contribution < 1.29 is 34.9 Å². The second-order valence-electron chi connectivity index (χ2n) is 3.56. The minimum Gasteiger partial charge on any atom is -0.502 e. The zero-order valence-electron chi connectivity index (χ0n) is 13.0. The van der Waals surface area contributed by atoms with Gasteiger partial charge in [-0.25, -0.2) is 0 Å². The largest absolute Gasteiger partial charge is 0.502 e. The van der Waals surface area contributed by atoms with E-state index in [9.17, 15) is 10.1 Å². The van der Waals surface area contributed by atoms with Crippen LogP contribution in [0.15, 0.2) is 24.1 Å². The maximum atomic E-state index is 9.80. The number of nitro groups is 1. The Bertz CT molecular complexity index is 335. The lowest BCUT2D eigenvalue weighted by Crippen LogP contribution is -2.32. The maximum Gasteiger partial charge on any atom is 0.303 e. The topological polar surface area (TPSA) is 150 Å². The quantitative estimate of drug-likeness (QED) is 0.194. The van der Waals surface area contributed by atoms with Gasteiger partial charge in [0.25, 0.3) is 6.47 Å². The van der Waals surface area contributed by atoms with Crippen LogP contribution in [0.1, 0.15) is 27.2 Å². The molecular weight excluding hydrogens is 298 g/mol. The first-order valence-corrected chi connectivity index (χ1v) is 6.50. The predicted molar refractivity (Wildman–Crippen MR) is 80.0 cm³/mol. The number of ether oxygens (including phenoxy) is 1. The fraction of sp³-hybridized carbons (Fsp3) is 0.615. The van der Waals surface area contributed by atoms with E-state index < -0.39 is 22.8 Å². The van der Waals surface area contributed by atoms with E-state index in [2.05, 4.69) is 6.58 Å². The first-order chi connectivity index (χ1) is 10.3. The molecule has 0 spiro atoms. The molecule has 0 saturated carbocycles. The van der Waals surface area contributed by atoms with Gasteiger partial charge in [-0.3, -0.25) is 14.9 Å². The molecule has 1 heterocycles. The Morgan fingerprint density at radius 1 is 1.32 bits per heavy atom. The third-order valence-corrected chi connectivity index (χ3v) is 1.95. The van der Waals surface area contributed by atoms with E-state index in [0.717, 1.165) is 0 Å². The highest BCUT2D eigenvalue weighted by Gasteiger charge is 2.17. The molecule has 9 nitrogen and oxygen atoms in total. The molecular formula is C13H25NO8. The summed E-state index contributed by atoms with van der Waals surface area (Å²) in [5.41, 5.74) is -0.475. The van der Waals surface area contributed by atoms with E-state index in [4.69, 9.17) is 30.0 Å². The number of carbonyl (C=O) groups is 1. The van der Waals surface area contributed by atoms with Crippen molar-refractivity contribution in [3.63, 3.8) is 0 Å². The molecule has 1 rings (SSSR count). The van der Waals surface area contributed by atoms with Crippen LogP contribution in [0.4, 0.5) is 0 Å². The van der Waals surface area contributed by atoms with Gasteiger partial charge in [0.1, 0.15) is 0 Å². The van der Waals surface area contributed by atoms with Crippen LogP contribution in [-0.2, 0) is 9.53 Å². The summed E-state index contributed by atoms with van der Waals surface area (Å²) in [4.78, 5) is 17.4.